The molecule has 2 aromatic heterocycles. The second kappa shape index (κ2) is 6.77. The van der Waals surface area contributed by atoms with E-state index in [2.05, 4.69) is 85.1 Å². The molecule has 0 aliphatic heterocycles. The van der Waals surface area contributed by atoms with Crippen LogP contribution in [0.2, 0.25) is 0 Å². The Hall–Kier alpha value is -2.91. The summed E-state index contributed by atoms with van der Waals surface area (Å²) < 4.78 is 2.19. The standard InChI is InChI=1S/C23H23N3/c1-16-7-6-14-26-22(17(2)15-24)21(25-23(16)26)20-12-10-19(11-13-20)18-8-4-3-5-9-18/h3-14,17H,15,24H2,1-2H3. The Balaban J connectivity index is 1.85. The third kappa shape index (κ3) is 2.80. The fourth-order valence-corrected chi connectivity index (χ4v) is 3.47. The average Bonchev–Trinajstić information content (AvgIpc) is 3.09. The first-order chi connectivity index (χ1) is 12.7. The highest BCUT2D eigenvalue weighted by Crippen LogP contribution is 2.32. The van der Waals surface area contributed by atoms with Gasteiger partial charge in [-0.2, -0.15) is 0 Å². The molecule has 2 aromatic carbocycles. The third-order valence-corrected chi connectivity index (χ3v) is 4.97. The van der Waals surface area contributed by atoms with Gasteiger partial charge in [0.05, 0.1) is 11.4 Å². The smallest absolute Gasteiger partial charge is 0.140 e. The summed E-state index contributed by atoms with van der Waals surface area (Å²) in [5.41, 5.74) is 13.9. The van der Waals surface area contributed by atoms with E-state index in [1.165, 1.54) is 22.4 Å². The number of imidazole rings is 1. The number of nitrogens with two attached hydrogens (primary N) is 1. The van der Waals surface area contributed by atoms with Crippen molar-refractivity contribution in [1.29, 1.82) is 0 Å². The molecule has 3 heteroatoms. The van der Waals surface area contributed by atoms with Gasteiger partial charge in [-0.05, 0) is 29.7 Å². The minimum absolute atomic E-state index is 0.232. The summed E-state index contributed by atoms with van der Waals surface area (Å²) in [6.45, 7) is 4.85. The average molecular weight is 341 g/mol. The maximum Gasteiger partial charge on any atom is 0.140 e. The number of hydrogen-bond donors (Lipinski definition) is 1. The normalized spacial score (nSPS) is 12.4. The predicted molar refractivity (Wildman–Crippen MR) is 108 cm³/mol. The van der Waals surface area contributed by atoms with Gasteiger partial charge in [-0.3, -0.25) is 0 Å². The fourth-order valence-electron chi connectivity index (χ4n) is 3.47. The lowest BCUT2D eigenvalue weighted by Gasteiger charge is -2.12. The van der Waals surface area contributed by atoms with E-state index < -0.39 is 0 Å². The van der Waals surface area contributed by atoms with Crippen molar-refractivity contribution in [3.8, 4) is 22.4 Å². The lowest BCUT2D eigenvalue weighted by atomic mass is 9.99. The van der Waals surface area contributed by atoms with Crippen LogP contribution < -0.4 is 5.73 Å². The van der Waals surface area contributed by atoms with E-state index in [-0.39, 0.29) is 5.92 Å². The molecule has 0 amide bonds. The van der Waals surface area contributed by atoms with Gasteiger partial charge in [0, 0.05) is 24.2 Å². The molecule has 26 heavy (non-hydrogen) atoms. The van der Waals surface area contributed by atoms with Crippen LogP contribution in [0, 0.1) is 6.92 Å². The summed E-state index contributed by atoms with van der Waals surface area (Å²) in [7, 11) is 0. The van der Waals surface area contributed by atoms with Crippen LogP contribution in [0.5, 0.6) is 0 Å². The molecule has 3 nitrogen and oxygen atoms in total. The molecule has 130 valence electrons. The van der Waals surface area contributed by atoms with Gasteiger partial charge in [0.2, 0.25) is 0 Å². The molecule has 0 fully saturated rings. The van der Waals surface area contributed by atoms with Crippen molar-refractivity contribution in [2.75, 3.05) is 6.54 Å². The number of benzene rings is 2. The zero-order valence-corrected chi connectivity index (χ0v) is 15.2. The van der Waals surface area contributed by atoms with Crippen LogP contribution >= 0.6 is 0 Å². The van der Waals surface area contributed by atoms with Crippen molar-refractivity contribution in [3.63, 3.8) is 0 Å². The minimum Gasteiger partial charge on any atom is -0.330 e. The Bertz CT molecular complexity index is 1030. The largest absolute Gasteiger partial charge is 0.330 e. The summed E-state index contributed by atoms with van der Waals surface area (Å²) in [5, 5.41) is 0. The molecule has 0 aliphatic rings. The Morgan fingerprint density at radius 1 is 0.885 bits per heavy atom. The first-order valence-electron chi connectivity index (χ1n) is 9.02. The predicted octanol–water partition coefficient (Wildman–Crippen LogP) is 5.04. The number of rotatable bonds is 4. The Morgan fingerprint density at radius 2 is 1.54 bits per heavy atom. The van der Waals surface area contributed by atoms with Gasteiger partial charge in [-0.15, -0.1) is 0 Å². The Kier molecular flexibility index (Phi) is 4.31. The van der Waals surface area contributed by atoms with E-state index in [1.807, 2.05) is 6.07 Å². The quantitative estimate of drug-likeness (QED) is 0.565. The lowest BCUT2D eigenvalue weighted by molar-refractivity contribution is 0.738. The summed E-state index contributed by atoms with van der Waals surface area (Å²) >= 11 is 0. The van der Waals surface area contributed by atoms with Gasteiger partial charge in [0.15, 0.2) is 0 Å². The highest BCUT2D eigenvalue weighted by atomic mass is 15.0. The van der Waals surface area contributed by atoms with Crippen LogP contribution in [-0.2, 0) is 0 Å². The van der Waals surface area contributed by atoms with E-state index in [0.717, 1.165) is 16.9 Å². The van der Waals surface area contributed by atoms with E-state index in [0.29, 0.717) is 6.54 Å². The Labute approximate surface area is 154 Å². The van der Waals surface area contributed by atoms with Crippen LogP contribution in [0.3, 0.4) is 0 Å². The van der Waals surface area contributed by atoms with Crippen molar-refractivity contribution in [1.82, 2.24) is 9.38 Å². The zero-order chi connectivity index (χ0) is 18.1. The van der Waals surface area contributed by atoms with Gasteiger partial charge >= 0.3 is 0 Å². The van der Waals surface area contributed by atoms with Crippen molar-refractivity contribution in [3.05, 3.63) is 84.2 Å². The molecule has 2 N–H and O–H groups in total. The molecule has 2 heterocycles. The van der Waals surface area contributed by atoms with Gasteiger partial charge in [-0.1, -0.05) is 67.6 Å². The maximum absolute atomic E-state index is 6.00. The van der Waals surface area contributed by atoms with Crippen molar-refractivity contribution in [2.24, 2.45) is 5.73 Å². The topological polar surface area (TPSA) is 43.3 Å². The molecule has 0 spiro atoms. The van der Waals surface area contributed by atoms with Crippen LogP contribution in [0.4, 0.5) is 0 Å². The highest BCUT2D eigenvalue weighted by Gasteiger charge is 2.19. The molecule has 4 aromatic rings. The summed E-state index contributed by atoms with van der Waals surface area (Å²) in [6, 6.07) is 23.2. The maximum atomic E-state index is 6.00. The molecule has 1 atom stereocenters. The number of fused-ring (bicyclic) bond motifs is 1. The van der Waals surface area contributed by atoms with Gasteiger partial charge in [-0.25, -0.2) is 4.98 Å². The summed E-state index contributed by atoms with van der Waals surface area (Å²) in [6.07, 6.45) is 2.08. The molecule has 0 radical (unpaired) electrons. The van der Waals surface area contributed by atoms with Crippen LogP contribution in [0.1, 0.15) is 24.1 Å². The molecule has 4 rings (SSSR count). The monoisotopic (exact) mass is 341 g/mol. The SMILES string of the molecule is Cc1cccn2c(C(C)CN)c(-c3ccc(-c4ccccc4)cc3)nc12. The molecule has 0 bridgehead atoms. The molecular formula is C23H23N3. The van der Waals surface area contributed by atoms with Crippen LogP contribution in [0.25, 0.3) is 28.0 Å². The first kappa shape index (κ1) is 16.6. The number of aryl methyl sites for hydroxylation is 1. The van der Waals surface area contributed by atoms with Crippen molar-refractivity contribution in [2.45, 2.75) is 19.8 Å². The van der Waals surface area contributed by atoms with Crippen molar-refractivity contribution < 1.29 is 0 Å². The lowest BCUT2D eigenvalue weighted by Crippen LogP contribution is -2.12. The van der Waals surface area contributed by atoms with Crippen LogP contribution in [-0.4, -0.2) is 15.9 Å². The summed E-state index contributed by atoms with van der Waals surface area (Å²) in [4.78, 5) is 4.96. The number of hydrogen-bond acceptors (Lipinski definition) is 2. The minimum atomic E-state index is 0.232. The van der Waals surface area contributed by atoms with E-state index in [4.69, 9.17) is 10.7 Å². The second-order valence-electron chi connectivity index (χ2n) is 6.81. The van der Waals surface area contributed by atoms with Crippen molar-refractivity contribution >= 4 is 5.65 Å². The number of aromatic nitrogens is 2. The van der Waals surface area contributed by atoms with Gasteiger partial charge in [0.25, 0.3) is 0 Å². The molecule has 0 saturated carbocycles. The zero-order valence-electron chi connectivity index (χ0n) is 15.2. The molecule has 1 unspecified atom stereocenters. The first-order valence-corrected chi connectivity index (χ1v) is 9.02. The number of pyridine rings is 1. The van der Waals surface area contributed by atoms with Gasteiger partial charge in [0.1, 0.15) is 5.65 Å². The fraction of sp³-hybridized carbons (Fsp3) is 0.174. The van der Waals surface area contributed by atoms with Crippen LogP contribution in [0.15, 0.2) is 72.9 Å². The van der Waals surface area contributed by atoms with E-state index >= 15 is 0 Å². The molecular weight excluding hydrogens is 318 g/mol. The molecule has 0 aliphatic carbocycles. The Morgan fingerprint density at radius 3 is 2.23 bits per heavy atom. The van der Waals surface area contributed by atoms with E-state index in [9.17, 15) is 0 Å². The second-order valence-corrected chi connectivity index (χ2v) is 6.81. The number of nitrogens with zero attached hydrogens (tertiary/aromatic N) is 2. The van der Waals surface area contributed by atoms with Gasteiger partial charge < -0.3 is 10.1 Å². The summed E-state index contributed by atoms with van der Waals surface area (Å²) in [5.74, 6) is 0.232. The molecule has 0 saturated heterocycles. The van der Waals surface area contributed by atoms with E-state index in [1.54, 1.807) is 0 Å². The third-order valence-electron chi connectivity index (χ3n) is 4.97. The highest BCUT2D eigenvalue weighted by molar-refractivity contribution is 5.72.